The Hall–Kier alpha value is -4.66. The van der Waals surface area contributed by atoms with E-state index in [1.165, 1.54) is 36.4 Å². The maximum Gasteiger partial charge on any atom is 0.273 e. The summed E-state index contributed by atoms with van der Waals surface area (Å²) in [6.45, 7) is 0.312. The van der Waals surface area contributed by atoms with Crippen LogP contribution in [0.25, 0.3) is 11.3 Å². The van der Waals surface area contributed by atoms with Gasteiger partial charge in [-0.1, -0.05) is 35.5 Å². The van der Waals surface area contributed by atoms with Crippen LogP contribution in [-0.4, -0.2) is 21.3 Å². The highest BCUT2D eigenvalue weighted by molar-refractivity contribution is 5.93. The molecule has 0 aliphatic carbocycles. The number of hydrogen-bond donors (Lipinski definition) is 3. The summed E-state index contributed by atoms with van der Waals surface area (Å²) in [5, 5.41) is 29.6. The molecule has 4 rings (SSSR count). The van der Waals surface area contributed by atoms with Gasteiger partial charge in [0.05, 0.1) is 0 Å². The van der Waals surface area contributed by atoms with E-state index in [1.54, 1.807) is 0 Å². The van der Waals surface area contributed by atoms with Crippen molar-refractivity contribution in [2.45, 2.75) is 6.54 Å². The predicted molar refractivity (Wildman–Crippen MR) is 115 cm³/mol. The number of phenolic OH excluding ortho intramolecular Hbond substituents is 2. The molecule has 0 fully saturated rings. The van der Waals surface area contributed by atoms with E-state index in [0.29, 0.717) is 12.3 Å². The molecule has 1 heterocycles. The molecule has 0 saturated carbocycles. The first-order valence-corrected chi connectivity index (χ1v) is 9.50. The summed E-state index contributed by atoms with van der Waals surface area (Å²) < 4.78 is 11.0. The second-order valence-corrected chi connectivity index (χ2v) is 6.77. The molecule has 0 saturated heterocycles. The van der Waals surface area contributed by atoms with Crippen molar-refractivity contribution in [3.05, 3.63) is 89.0 Å². The van der Waals surface area contributed by atoms with Crippen LogP contribution in [0.5, 0.6) is 23.0 Å². The molecule has 0 aliphatic heterocycles. The second kappa shape index (κ2) is 9.00. The number of hydrogen-bond acceptors (Lipinski definition) is 8. The van der Waals surface area contributed by atoms with Crippen molar-refractivity contribution >= 4 is 11.6 Å². The molecule has 160 valence electrons. The van der Waals surface area contributed by atoms with Crippen LogP contribution in [-0.2, 0) is 6.54 Å². The van der Waals surface area contributed by atoms with Crippen LogP contribution >= 0.6 is 0 Å². The molecule has 0 atom stereocenters. The lowest BCUT2D eigenvalue weighted by Gasteiger charge is -2.11. The number of benzene rings is 3. The van der Waals surface area contributed by atoms with Crippen molar-refractivity contribution < 1.29 is 24.3 Å². The zero-order valence-corrected chi connectivity index (χ0v) is 16.6. The molecule has 9 heteroatoms. The van der Waals surface area contributed by atoms with Gasteiger partial charge in [-0.15, -0.1) is 4.91 Å². The van der Waals surface area contributed by atoms with Crippen LogP contribution in [0.4, 0.5) is 5.69 Å². The van der Waals surface area contributed by atoms with Crippen molar-refractivity contribution in [2.75, 3.05) is 0 Å². The smallest absolute Gasteiger partial charge is 0.273 e. The average Bonchev–Trinajstić information content (AvgIpc) is 3.28. The van der Waals surface area contributed by atoms with Gasteiger partial charge in [0, 0.05) is 24.7 Å². The van der Waals surface area contributed by atoms with Gasteiger partial charge in [0.2, 0.25) is 0 Å². The molecule has 1 amide bonds. The minimum absolute atomic E-state index is 0.00997. The topological polar surface area (TPSA) is 134 Å². The van der Waals surface area contributed by atoms with Gasteiger partial charge in [0.1, 0.15) is 34.2 Å². The summed E-state index contributed by atoms with van der Waals surface area (Å²) in [5.41, 5.74) is 1.25. The lowest BCUT2D eigenvalue weighted by Crippen LogP contribution is -2.22. The Morgan fingerprint density at radius 2 is 1.78 bits per heavy atom. The minimum Gasteiger partial charge on any atom is -0.508 e. The molecule has 9 nitrogen and oxygen atoms in total. The number of carbonyl (C=O) groups excluding carboxylic acids is 1. The number of amides is 1. The van der Waals surface area contributed by atoms with Crippen LogP contribution < -0.4 is 10.1 Å². The number of carbonyl (C=O) groups is 1. The van der Waals surface area contributed by atoms with Gasteiger partial charge in [0.25, 0.3) is 5.91 Å². The van der Waals surface area contributed by atoms with E-state index in [0.717, 1.165) is 11.6 Å². The quantitative estimate of drug-likeness (QED) is 0.355. The lowest BCUT2D eigenvalue weighted by molar-refractivity contribution is 0.0942. The van der Waals surface area contributed by atoms with E-state index in [2.05, 4.69) is 15.7 Å². The summed E-state index contributed by atoms with van der Waals surface area (Å²) in [5.74, 6) is -0.591. The molecule has 0 radical (unpaired) electrons. The van der Waals surface area contributed by atoms with Gasteiger partial charge in [-0.2, -0.15) is 0 Å². The Morgan fingerprint density at radius 3 is 2.50 bits per heavy atom. The van der Waals surface area contributed by atoms with Crippen LogP contribution in [0.2, 0.25) is 0 Å². The Kier molecular flexibility index (Phi) is 5.80. The minimum atomic E-state index is -0.457. The third kappa shape index (κ3) is 4.57. The molecule has 0 unspecified atom stereocenters. The second-order valence-electron chi connectivity index (χ2n) is 6.77. The Balaban J connectivity index is 1.58. The molecule has 3 aromatic carbocycles. The van der Waals surface area contributed by atoms with E-state index in [9.17, 15) is 19.9 Å². The molecule has 0 bridgehead atoms. The molecular weight excluding hydrogens is 414 g/mol. The summed E-state index contributed by atoms with van der Waals surface area (Å²) >= 11 is 0. The summed E-state index contributed by atoms with van der Waals surface area (Å²) in [6, 6.07) is 19.0. The number of rotatable bonds is 7. The normalized spacial score (nSPS) is 10.5. The molecule has 32 heavy (non-hydrogen) atoms. The monoisotopic (exact) mass is 431 g/mol. The maximum atomic E-state index is 12.4. The van der Waals surface area contributed by atoms with Crippen molar-refractivity contribution in [2.24, 2.45) is 5.18 Å². The number of ether oxygens (including phenoxy) is 1. The number of nitroso groups, excluding NO2 is 1. The number of nitrogens with zero attached hydrogens (tertiary/aromatic N) is 2. The SMILES string of the molecule is O=Nc1ccc(Oc2cc(O)cc(O)c2-c2cc(C(=O)NCc3ccccc3)no2)cc1. The first-order valence-electron chi connectivity index (χ1n) is 9.50. The Morgan fingerprint density at radius 1 is 1.03 bits per heavy atom. The largest absolute Gasteiger partial charge is 0.508 e. The van der Waals surface area contributed by atoms with Crippen LogP contribution in [0.3, 0.4) is 0 Å². The van der Waals surface area contributed by atoms with Crippen molar-refractivity contribution in [1.29, 1.82) is 0 Å². The van der Waals surface area contributed by atoms with Crippen LogP contribution in [0, 0.1) is 4.91 Å². The maximum absolute atomic E-state index is 12.4. The van der Waals surface area contributed by atoms with Gasteiger partial charge in [-0.3, -0.25) is 4.79 Å². The van der Waals surface area contributed by atoms with Crippen LogP contribution in [0.15, 0.2) is 82.5 Å². The molecule has 0 spiro atoms. The van der Waals surface area contributed by atoms with E-state index in [4.69, 9.17) is 9.26 Å². The zero-order chi connectivity index (χ0) is 22.5. The standard InChI is InChI=1S/C23H17N3O6/c27-16-10-19(28)22(20(11-16)31-17-8-6-15(25-30)7-9-17)21-12-18(26-32-21)23(29)24-13-14-4-2-1-3-5-14/h1-12,27-28H,13H2,(H,24,29). The Bertz CT molecular complexity index is 1250. The molecule has 1 aromatic heterocycles. The summed E-state index contributed by atoms with van der Waals surface area (Å²) in [7, 11) is 0. The van der Waals surface area contributed by atoms with E-state index in [-0.39, 0.29) is 40.0 Å². The average molecular weight is 431 g/mol. The third-order valence-corrected chi connectivity index (χ3v) is 4.52. The fourth-order valence-electron chi connectivity index (χ4n) is 2.99. The molecule has 0 aliphatic rings. The summed E-state index contributed by atoms with van der Waals surface area (Å²) in [6.07, 6.45) is 0. The van der Waals surface area contributed by atoms with Crippen molar-refractivity contribution in [1.82, 2.24) is 10.5 Å². The zero-order valence-electron chi connectivity index (χ0n) is 16.6. The van der Waals surface area contributed by atoms with E-state index < -0.39 is 5.91 Å². The number of aromatic hydroxyl groups is 2. The van der Waals surface area contributed by atoms with Crippen molar-refractivity contribution in [3.8, 4) is 34.3 Å². The molecular formula is C23H17N3O6. The highest BCUT2D eigenvalue weighted by Gasteiger charge is 2.21. The number of phenols is 2. The predicted octanol–water partition coefficient (Wildman–Crippen LogP) is 4.87. The lowest BCUT2D eigenvalue weighted by atomic mass is 10.1. The highest BCUT2D eigenvalue weighted by Crippen LogP contribution is 2.43. The van der Waals surface area contributed by atoms with Crippen molar-refractivity contribution in [3.63, 3.8) is 0 Å². The van der Waals surface area contributed by atoms with Crippen LogP contribution in [0.1, 0.15) is 16.1 Å². The van der Waals surface area contributed by atoms with Gasteiger partial charge in [-0.05, 0) is 35.0 Å². The van der Waals surface area contributed by atoms with E-state index in [1.807, 2.05) is 30.3 Å². The van der Waals surface area contributed by atoms with Gasteiger partial charge in [0.15, 0.2) is 11.5 Å². The summed E-state index contributed by atoms with van der Waals surface area (Å²) in [4.78, 5) is 23.0. The van der Waals surface area contributed by atoms with Gasteiger partial charge in [-0.25, -0.2) is 0 Å². The number of nitrogens with one attached hydrogen (secondary N) is 1. The fraction of sp³-hybridized carbons (Fsp3) is 0.0435. The third-order valence-electron chi connectivity index (χ3n) is 4.52. The first kappa shape index (κ1) is 20.6. The fourth-order valence-corrected chi connectivity index (χ4v) is 2.99. The van der Waals surface area contributed by atoms with Gasteiger partial charge < -0.3 is 24.8 Å². The number of aromatic nitrogens is 1. The first-order chi connectivity index (χ1) is 15.5. The molecule has 4 aromatic rings. The highest BCUT2D eigenvalue weighted by atomic mass is 16.5. The van der Waals surface area contributed by atoms with Gasteiger partial charge >= 0.3 is 0 Å². The van der Waals surface area contributed by atoms with E-state index >= 15 is 0 Å². The molecule has 3 N–H and O–H groups in total. The Labute approximate surface area is 181 Å².